The van der Waals surface area contributed by atoms with Gasteiger partial charge in [0.25, 0.3) is 5.56 Å². The molecule has 5 rings (SSSR count). The van der Waals surface area contributed by atoms with Crippen molar-refractivity contribution in [2.24, 2.45) is 0 Å². The number of amides is 1. The number of hydrogen-bond donors (Lipinski definition) is 1. The molecule has 5 aromatic rings. The van der Waals surface area contributed by atoms with Gasteiger partial charge in [0.15, 0.2) is 5.16 Å². The lowest BCUT2D eigenvalue weighted by Gasteiger charge is -2.18. The van der Waals surface area contributed by atoms with Crippen LogP contribution in [0.3, 0.4) is 0 Å². The second-order valence-corrected chi connectivity index (χ2v) is 11.9. The molecule has 1 unspecified atom stereocenters. The van der Waals surface area contributed by atoms with Crippen LogP contribution in [0.4, 0.5) is 5.69 Å². The minimum absolute atomic E-state index is 0.114. The fraction of sp³-hybridized carbons (Fsp3) is 0.219. The molecule has 1 N–H and O–H groups in total. The van der Waals surface area contributed by atoms with Crippen molar-refractivity contribution in [2.75, 3.05) is 5.32 Å². The minimum atomic E-state index is -0.478. The third-order valence-corrected chi connectivity index (χ3v) is 8.90. The Kier molecular flexibility index (Phi) is 8.00. The number of rotatable bonds is 8. The molecule has 7 heteroatoms. The summed E-state index contributed by atoms with van der Waals surface area (Å²) < 4.78 is 1.65. The van der Waals surface area contributed by atoms with Gasteiger partial charge in [0.05, 0.1) is 16.3 Å². The summed E-state index contributed by atoms with van der Waals surface area (Å²) >= 11 is 2.82. The predicted molar refractivity (Wildman–Crippen MR) is 165 cm³/mol. The van der Waals surface area contributed by atoms with Crippen LogP contribution >= 0.6 is 23.1 Å². The maximum Gasteiger partial charge on any atom is 0.268 e. The summed E-state index contributed by atoms with van der Waals surface area (Å²) in [5.41, 5.74) is 5.63. The van der Waals surface area contributed by atoms with Gasteiger partial charge >= 0.3 is 0 Å². The van der Waals surface area contributed by atoms with Gasteiger partial charge in [-0.2, -0.15) is 0 Å². The van der Waals surface area contributed by atoms with E-state index in [1.165, 1.54) is 23.1 Å². The number of fused-ring (bicyclic) bond motifs is 1. The highest BCUT2D eigenvalue weighted by Gasteiger charge is 2.24. The fourth-order valence-corrected chi connectivity index (χ4v) is 6.83. The van der Waals surface area contributed by atoms with Crippen molar-refractivity contribution in [3.05, 3.63) is 105 Å². The Morgan fingerprint density at radius 3 is 2.18 bits per heavy atom. The Hall–Kier alpha value is -3.68. The standard InChI is InChI=1S/C32H31N3O2S2/c1-5-22-16-13-17-23(6-2)28(22)33-29(36)21(4)39-32-34-30-27(31(37)35(32)25-18-11-8-12-19-25)26(20(3)38-30)24-14-9-7-10-15-24/h7-19,21H,5-6H2,1-4H3,(H,33,36). The number of thioether (sulfide) groups is 1. The van der Waals surface area contributed by atoms with Crippen molar-refractivity contribution in [3.8, 4) is 16.8 Å². The van der Waals surface area contributed by atoms with Gasteiger partial charge < -0.3 is 5.32 Å². The number of nitrogens with zero attached hydrogens (tertiary/aromatic N) is 2. The van der Waals surface area contributed by atoms with E-state index in [2.05, 4.69) is 31.3 Å². The fourth-order valence-electron chi connectivity index (χ4n) is 4.82. The molecule has 0 aliphatic carbocycles. The van der Waals surface area contributed by atoms with Gasteiger partial charge in [-0.15, -0.1) is 11.3 Å². The third kappa shape index (κ3) is 5.29. The van der Waals surface area contributed by atoms with Gasteiger partial charge in [-0.3, -0.25) is 14.2 Å². The molecule has 3 aromatic carbocycles. The van der Waals surface area contributed by atoms with E-state index in [-0.39, 0.29) is 11.5 Å². The summed E-state index contributed by atoms with van der Waals surface area (Å²) in [6, 6.07) is 25.6. The van der Waals surface area contributed by atoms with Crippen LogP contribution in [0, 0.1) is 6.92 Å². The number of carbonyl (C=O) groups is 1. The number of nitrogens with one attached hydrogen (secondary N) is 1. The zero-order valence-electron chi connectivity index (χ0n) is 22.5. The summed E-state index contributed by atoms with van der Waals surface area (Å²) in [7, 11) is 0. The van der Waals surface area contributed by atoms with Crippen LogP contribution in [0.2, 0.25) is 0 Å². The molecule has 0 spiro atoms. The van der Waals surface area contributed by atoms with Crippen molar-refractivity contribution >= 4 is 44.9 Å². The van der Waals surface area contributed by atoms with E-state index in [4.69, 9.17) is 4.98 Å². The molecule has 0 radical (unpaired) electrons. The van der Waals surface area contributed by atoms with E-state index in [1.807, 2.05) is 80.6 Å². The van der Waals surface area contributed by atoms with Gasteiger partial charge in [0.1, 0.15) is 4.83 Å². The molecular formula is C32H31N3O2S2. The lowest BCUT2D eigenvalue weighted by atomic mass is 10.0. The molecular weight excluding hydrogens is 523 g/mol. The van der Waals surface area contributed by atoms with Crippen LogP contribution in [0.1, 0.15) is 36.8 Å². The van der Waals surface area contributed by atoms with Crippen LogP contribution in [0.25, 0.3) is 27.0 Å². The Balaban J connectivity index is 1.59. The first-order chi connectivity index (χ1) is 18.9. The molecule has 2 heterocycles. The maximum atomic E-state index is 14.2. The van der Waals surface area contributed by atoms with Gasteiger partial charge in [-0.05, 0) is 55.5 Å². The predicted octanol–water partition coefficient (Wildman–Crippen LogP) is 7.67. The van der Waals surface area contributed by atoms with E-state index in [0.717, 1.165) is 51.3 Å². The molecule has 2 aromatic heterocycles. The normalized spacial score (nSPS) is 12.0. The van der Waals surface area contributed by atoms with Gasteiger partial charge in [-0.1, -0.05) is 92.3 Å². The zero-order chi connectivity index (χ0) is 27.5. The summed E-state index contributed by atoms with van der Waals surface area (Å²) in [5, 5.41) is 3.81. The first-order valence-corrected chi connectivity index (χ1v) is 14.9. The van der Waals surface area contributed by atoms with E-state index in [0.29, 0.717) is 15.4 Å². The van der Waals surface area contributed by atoms with Crippen LogP contribution in [0.5, 0.6) is 0 Å². The third-order valence-electron chi connectivity index (χ3n) is 6.85. The SMILES string of the molecule is CCc1cccc(CC)c1NC(=O)C(C)Sc1nc2sc(C)c(-c3ccccc3)c2c(=O)n1-c1ccccc1. The number of aromatic nitrogens is 2. The Labute approximate surface area is 236 Å². The van der Waals surface area contributed by atoms with Crippen LogP contribution in [-0.2, 0) is 17.6 Å². The summed E-state index contributed by atoms with van der Waals surface area (Å²) in [6.07, 6.45) is 1.66. The number of hydrogen-bond acceptors (Lipinski definition) is 5. The summed E-state index contributed by atoms with van der Waals surface area (Å²) in [6.45, 7) is 8.07. The second-order valence-electron chi connectivity index (χ2n) is 9.36. The van der Waals surface area contributed by atoms with E-state index >= 15 is 0 Å². The topological polar surface area (TPSA) is 64.0 Å². The van der Waals surface area contributed by atoms with Crippen molar-refractivity contribution in [2.45, 2.75) is 50.9 Å². The molecule has 0 saturated carbocycles. The number of thiophene rings is 1. The van der Waals surface area contributed by atoms with E-state index in [1.54, 1.807) is 4.57 Å². The molecule has 1 atom stereocenters. The molecule has 1 amide bonds. The Morgan fingerprint density at radius 1 is 0.949 bits per heavy atom. The lowest BCUT2D eigenvalue weighted by molar-refractivity contribution is -0.115. The highest BCUT2D eigenvalue weighted by molar-refractivity contribution is 8.00. The molecule has 198 valence electrons. The zero-order valence-corrected chi connectivity index (χ0v) is 24.2. The highest BCUT2D eigenvalue weighted by Crippen LogP contribution is 2.37. The van der Waals surface area contributed by atoms with Crippen LogP contribution < -0.4 is 10.9 Å². The Bertz CT molecular complexity index is 1670. The molecule has 0 saturated heterocycles. The average Bonchev–Trinajstić information content (AvgIpc) is 3.29. The van der Waals surface area contributed by atoms with Crippen molar-refractivity contribution in [1.82, 2.24) is 9.55 Å². The first kappa shape index (κ1) is 26.9. The molecule has 39 heavy (non-hydrogen) atoms. The van der Waals surface area contributed by atoms with Crippen LogP contribution in [0.15, 0.2) is 88.8 Å². The van der Waals surface area contributed by atoms with Crippen LogP contribution in [-0.4, -0.2) is 20.7 Å². The highest BCUT2D eigenvalue weighted by atomic mass is 32.2. The smallest absolute Gasteiger partial charge is 0.268 e. The van der Waals surface area contributed by atoms with E-state index in [9.17, 15) is 9.59 Å². The second kappa shape index (κ2) is 11.6. The number of anilines is 1. The number of para-hydroxylation sites is 2. The van der Waals surface area contributed by atoms with Crippen molar-refractivity contribution < 1.29 is 4.79 Å². The molecule has 0 bridgehead atoms. The lowest BCUT2D eigenvalue weighted by Crippen LogP contribution is -2.27. The quantitative estimate of drug-likeness (QED) is 0.158. The van der Waals surface area contributed by atoms with Gasteiger partial charge in [0, 0.05) is 16.1 Å². The average molecular weight is 554 g/mol. The minimum Gasteiger partial charge on any atom is -0.325 e. The molecule has 5 nitrogen and oxygen atoms in total. The number of benzene rings is 3. The Morgan fingerprint density at radius 2 is 1.56 bits per heavy atom. The largest absolute Gasteiger partial charge is 0.325 e. The van der Waals surface area contributed by atoms with Crippen molar-refractivity contribution in [1.29, 1.82) is 0 Å². The monoisotopic (exact) mass is 553 g/mol. The van der Waals surface area contributed by atoms with E-state index < -0.39 is 5.25 Å². The van der Waals surface area contributed by atoms with Gasteiger partial charge in [-0.25, -0.2) is 4.98 Å². The summed E-state index contributed by atoms with van der Waals surface area (Å²) in [4.78, 5) is 34.3. The molecule has 0 aliphatic heterocycles. The maximum absolute atomic E-state index is 14.2. The molecule has 0 fully saturated rings. The molecule has 0 aliphatic rings. The number of carbonyl (C=O) groups excluding carboxylic acids is 1. The number of aryl methyl sites for hydroxylation is 3. The van der Waals surface area contributed by atoms with Crippen molar-refractivity contribution in [3.63, 3.8) is 0 Å². The summed E-state index contributed by atoms with van der Waals surface area (Å²) in [5.74, 6) is -0.114. The van der Waals surface area contributed by atoms with Gasteiger partial charge in [0.2, 0.25) is 5.91 Å². The first-order valence-electron chi connectivity index (χ1n) is 13.2.